The summed E-state index contributed by atoms with van der Waals surface area (Å²) in [4.78, 5) is 6.22. The van der Waals surface area contributed by atoms with Gasteiger partial charge in [-0.15, -0.1) is 0 Å². The summed E-state index contributed by atoms with van der Waals surface area (Å²) in [6.07, 6.45) is 0. The third-order valence-electron chi connectivity index (χ3n) is 2.69. The van der Waals surface area contributed by atoms with E-state index in [0.717, 1.165) is 11.4 Å². The van der Waals surface area contributed by atoms with Crippen LogP contribution in [0.5, 0.6) is 5.75 Å². The van der Waals surface area contributed by atoms with E-state index in [4.69, 9.17) is 22.1 Å². The number of hydrogen-bond acceptors (Lipinski definition) is 3. The Balaban J connectivity index is 3.20. The van der Waals surface area contributed by atoms with Crippen molar-refractivity contribution in [1.29, 1.82) is 0 Å². The molecule has 0 radical (unpaired) electrons. The smallest absolute Gasteiger partial charge is 0.157 e. The lowest BCUT2D eigenvalue weighted by molar-refractivity contribution is 0.415. The number of nitrogens with zero attached hydrogens (tertiary/aromatic N) is 2. The van der Waals surface area contributed by atoms with Crippen LogP contribution in [-0.2, 0) is 0 Å². The monoisotopic (exact) mass is 293 g/mol. The summed E-state index contributed by atoms with van der Waals surface area (Å²) in [5, 5.41) is 0.491. The van der Waals surface area contributed by atoms with Crippen LogP contribution < -0.4 is 15.4 Å². The second-order valence-corrected chi connectivity index (χ2v) is 4.94. The van der Waals surface area contributed by atoms with Crippen molar-refractivity contribution in [3.63, 3.8) is 0 Å². The minimum Gasteiger partial charge on any atom is -0.497 e. The predicted octanol–water partition coefficient (Wildman–Crippen LogP) is 3.49. The van der Waals surface area contributed by atoms with Crippen molar-refractivity contribution in [2.24, 2.45) is 10.7 Å². The van der Waals surface area contributed by atoms with Gasteiger partial charge >= 0.3 is 0 Å². The highest BCUT2D eigenvalue weighted by atomic mass is 35.5. The lowest BCUT2D eigenvalue weighted by Crippen LogP contribution is -2.31. The Kier molecular flexibility index (Phi) is 5.65. The van der Waals surface area contributed by atoms with E-state index in [1.165, 1.54) is 0 Å². The minimum absolute atomic E-state index is 0.424. The molecule has 20 heavy (non-hydrogen) atoms. The lowest BCUT2D eigenvalue weighted by Gasteiger charge is -2.22. The van der Waals surface area contributed by atoms with E-state index in [0.29, 0.717) is 22.3 Å². The summed E-state index contributed by atoms with van der Waals surface area (Å²) in [7, 11) is 3.50. The second kappa shape index (κ2) is 7.01. The molecule has 0 heterocycles. The van der Waals surface area contributed by atoms with Crippen molar-refractivity contribution >= 4 is 23.1 Å². The summed E-state index contributed by atoms with van der Waals surface area (Å²) in [5.74, 6) is 1.35. The first kappa shape index (κ1) is 16.1. The van der Waals surface area contributed by atoms with Crippen molar-refractivity contribution < 1.29 is 4.74 Å². The Hall–Kier alpha value is -1.94. The number of benzene rings is 1. The van der Waals surface area contributed by atoms with Gasteiger partial charge in [-0.05, 0) is 38.1 Å². The van der Waals surface area contributed by atoms with E-state index < -0.39 is 0 Å². The van der Waals surface area contributed by atoms with Crippen LogP contribution in [0.4, 0.5) is 5.69 Å². The predicted molar refractivity (Wildman–Crippen MR) is 86.4 cm³/mol. The molecule has 0 aliphatic carbocycles. The van der Waals surface area contributed by atoms with Crippen LogP contribution in [0.2, 0.25) is 0 Å². The molecular formula is C15H20ClN3O. The van der Waals surface area contributed by atoms with Crippen molar-refractivity contribution in [2.45, 2.75) is 13.8 Å². The molecule has 5 heteroatoms. The fourth-order valence-electron chi connectivity index (χ4n) is 1.58. The van der Waals surface area contributed by atoms with Gasteiger partial charge in [-0.2, -0.15) is 0 Å². The van der Waals surface area contributed by atoms with Gasteiger partial charge in [-0.25, -0.2) is 4.99 Å². The lowest BCUT2D eigenvalue weighted by atomic mass is 10.2. The van der Waals surface area contributed by atoms with Crippen LogP contribution in [-0.4, -0.2) is 20.0 Å². The topological polar surface area (TPSA) is 50.8 Å². The van der Waals surface area contributed by atoms with Crippen molar-refractivity contribution in [3.8, 4) is 5.75 Å². The number of ether oxygens (including phenoxy) is 1. The number of methoxy groups -OCH3 is 1. The second-order valence-electron chi connectivity index (χ2n) is 4.37. The van der Waals surface area contributed by atoms with Gasteiger partial charge in [0, 0.05) is 23.5 Å². The Morgan fingerprint density at radius 1 is 1.30 bits per heavy atom. The normalized spacial score (nSPS) is 12.8. The molecule has 1 aromatic carbocycles. The molecule has 2 N–H and O–H groups in total. The van der Waals surface area contributed by atoms with Gasteiger partial charge in [0.05, 0.1) is 12.8 Å². The first-order valence-electron chi connectivity index (χ1n) is 6.11. The van der Waals surface area contributed by atoms with Gasteiger partial charge in [0.2, 0.25) is 0 Å². The average molecular weight is 294 g/mol. The van der Waals surface area contributed by atoms with E-state index in [1.807, 2.05) is 36.2 Å². The molecule has 0 fully saturated rings. The Labute approximate surface area is 125 Å². The fourth-order valence-corrected chi connectivity index (χ4v) is 1.66. The number of nitrogens with two attached hydrogens (primary N) is 1. The molecule has 1 aromatic rings. The van der Waals surface area contributed by atoms with Crippen LogP contribution in [0.25, 0.3) is 0 Å². The first-order valence-corrected chi connectivity index (χ1v) is 6.48. The molecule has 1 rings (SSSR count). The number of likely N-dealkylation sites (N-methyl/N-ethyl adjacent to an activating group) is 1. The average Bonchev–Trinajstić information content (AvgIpc) is 2.43. The molecule has 108 valence electrons. The molecule has 0 saturated carbocycles. The van der Waals surface area contributed by atoms with Gasteiger partial charge in [0.15, 0.2) is 5.84 Å². The molecule has 0 amide bonds. The maximum atomic E-state index is 6.01. The molecule has 0 bridgehead atoms. The van der Waals surface area contributed by atoms with Gasteiger partial charge < -0.3 is 15.4 Å². The number of allylic oxidation sites excluding steroid dienone is 2. The summed E-state index contributed by atoms with van der Waals surface area (Å²) >= 11 is 5.98. The number of anilines is 1. The zero-order chi connectivity index (χ0) is 15.3. The minimum atomic E-state index is 0.424. The number of rotatable bonds is 4. The Bertz CT molecular complexity index is 543. The number of amidine groups is 1. The zero-order valence-corrected chi connectivity index (χ0v) is 13.0. The summed E-state index contributed by atoms with van der Waals surface area (Å²) in [6.45, 7) is 7.32. The molecule has 4 nitrogen and oxygen atoms in total. The van der Waals surface area contributed by atoms with Crippen molar-refractivity contribution in [1.82, 2.24) is 0 Å². The Morgan fingerprint density at radius 2 is 1.85 bits per heavy atom. The number of hydrogen-bond donors (Lipinski definition) is 1. The molecule has 0 aliphatic rings. The van der Waals surface area contributed by atoms with Crippen molar-refractivity contribution in [3.05, 3.63) is 47.3 Å². The van der Waals surface area contributed by atoms with E-state index in [1.54, 1.807) is 21.0 Å². The largest absolute Gasteiger partial charge is 0.497 e. The maximum Gasteiger partial charge on any atom is 0.157 e. The highest BCUT2D eigenvalue weighted by molar-refractivity contribution is 6.32. The SMILES string of the molecule is C=C(C)N=C(/C(N)=C(\C)Cl)N(C)c1ccc(OC)cc1. The van der Waals surface area contributed by atoms with Gasteiger partial charge in [-0.1, -0.05) is 18.2 Å². The third-order valence-corrected chi connectivity index (χ3v) is 2.89. The molecule has 0 atom stereocenters. The van der Waals surface area contributed by atoms with E-state index in [9.17, 15) is 0 Å². The molecule has 0 saturated heterocycles. The van der Waals surface area contributed by atoms with Crippen LogP contribution in [0.15, 0.2) is 52.3 Å². The highest BCUT2D eigenvalue weighted by Crippen LogP contribution is 2.21. The van der Waals surface area contributed by atoms with E-state index in [2.05, 4.69) is 11.6 Å². The standard InChI is InChI=1S/C15H20ClN3O/c1-10(2)18-15(14(17)11(3)16)19(4)12-6-8-13(20-5)9-7-12/h6-9H,1,17H2,2-5H3/b14-11-,18-15?. The van der Waals surface area contributed by atoms with Crippen LogP contribution >= 0.6 is 11.6 Å². The van der Waals surface area contributed by atoms with E-state index >= 15 is 0 Å². The molecule has 0 aromatic heterocycles. The van der Waals surface area contributed by atoms with Gasteiger partial charge in [-0.3, -0.25) is 0 Å². The molecule has 0 unspecified atom stereocenters. The molecular weight excluding hydrogens is 274 g/mol. The van der Waals surface area contributed by atoms with Crippen LogP contribution in [0.1, 0.15) is 13.8 Å². The third kappa shape index (κ3) is 4.03. The zero-order valence-electron chi connectivity index (χ0n) is 12.3. The maximum absolute atomic E-state index is 6.01. The molecule has 0 aliphatic heterocycles. The summed E-state index contributed by atoms with van der Waals surface area (Å²) in [6, 6.07) is 7.59. The fraction of sp³-hybridized carbons (Fsp3) is 0.267. The van der Waals surface area contributed by atoms with Gasteiger partial charge in [0.1, 0.15) is 5.75 Å². The van der Waals surface area contributed by atoms with Crippen LogP contribution in [0.3, 0.4) is 0 Å². The summed E-state index contributed by atoms with van der Waals surface area (Å²) in [5.41, 5.74) is 8.01. The summed E-state index contributed by atoms with van der Waals surface area (Å²) < 4.78 is 5.14. The molecule has 0 spiro atoms. The van der Waals surface area contributed by atoms with Crippen LogP contribution in [0, 0.1) is 0 Å². The first-order chi connectivity index (χ1) is 9.36. The van der Waals surface area contributed by atoms with Gasteiger partial charge in [0.25, 0.3) is 0 Å². The number of halogens is 1. The van der Waals surface area contributed by atoms with E-state index in [-0.39, 0.29) is 0 Å². The number of aliphatic imine (C=N–C) groups is 1. The Morgan fingerprint density at radius 3 is 2.25 bits per heavy atom. The highest BCUT2D eigenvalue weighted by Gasteiger charge is 2.14. The van der Waals surface area contributed by atoms with Crippen molar-refractivity contribution in [2.75, 3.05) is 19.1 Å². The quantitative estimate of drug-likeness (QED) is 0.683.